The molecule has 0 spiro atoms. The number of aromatic nitrogens is 4. The van der Waals surface area contributed by atoms with Crippen LogP contribution in [0, 0.1) is 0 Å². The van der Waals surface area contributed by atoms with Crippen LogP contribution < -0.4 is 0 Å². The van der Waals surface area contributed by atoms with E-state index in [0.29, 0.717) is 13.0 Å². The second-order valence-electron chi connectivity index (χ2n) is 5.97. The summed E-state index contributed by atoms with van der Waals surface area (Å²) in [6.45, 7) is 0.607. The Bertz CT molecular complexity index is 802. The summed E-state index contributed by atoms with van der Waals surface area (Å²) in [5.41, 5.74) is 0.907. The maximum atomic E-state index is 12.1. The van der Waals surface area contributed by atoms with E-state index in [-0.39, 0.29) is 12.1 Å². The van der Waals surface area contributed by atoms with Gasteiger partial charge in [-0.3, -0.25) is 4.98 Å². The van der Waals surface area contributed by atoms with Gasteiger partial charge in [-0.05, 0) is 25.0 Å². The molecule has 0 aliphatic carbocycles. The summed E-state index contributed by atoms with van der Waals surface area (Å²) < 4.78 is 27.9. The summed E-state index contributed by atoms with van der Waals surface area (Å²) in [4.78, 5) is 4.13. The fraction of sp³-hybridized carbons (Fsp3) is 0.500. The zero-order chi connectivity index (χ0) is 15.3. The highest BCUT2D eigenvalue weighted by molar-refractivity contribution is 7.88. The molecule has 2 aliphatic rings. The van der Waals surface area contributed by atoms with Gasteiger partial charge in [-0.15, -0.1) is 10.2 Å². The monoisotopic (exact) mass is 319 g/mol. The molecule has 2 aromatic heterocycles. The van der Waals surface area contributed by atoms with Gasteiger partial charge < -0.3 is 4.57 Å². The van der Waals surface area contributed by atoms with Crippen molar-refractivity contribution in [3.8, 4) is 11.4 Å². The molecule has 2 aliphatic heterocycles. The molecule has 0 saturated carbocycles. The standard InChI is InChI=1S/C14H17N5O2S/c1-22(20,21)19-11-4-5-12(19)9-18-13(7-11)16-17-14(18)10-3-2-6-15-8-10/h2-3,6,8,11-12H,4-5,7,9H2,1H3/t11-,12+/m0/s1. The van der Waals surface area contributed by atoms with E-state index >= 15 is 0 Å². The van der Waals surface area contributed by atoms with Gasteiger partial charge in [-0.1, -0.05) is 0 Å². The lowest BCUT2D eigenvalue weighted by atomic mass is 10.1. The summed E-state index contributed by atoms with van der Waals surface area (Å²) >= 11 is 0. The van der Waals surface area contributed by atoms with E-state index in [1.165, 1.54) is 6.26 Å². The summed E-state index contributed by atoms with van der Waals surface area (Å²) in [6.07, 6.45) is 7.18. The van der Waals surface area contributed by atoms with Gasteiger partial charge in [0.15, 0.2) is 5.82 Å². The van der Waals surface area contributed by atoms with Crippen molar-refractivity contribution in [3.63, 3.8) is 0 Å². The topological polar surface area (TPSA) is 81.0 Å². The van der Waals surface area contributed by atoms with Crippen LogP contribution in [-0.4, -0.2) is 50.8 Å². The molecule has 4 heterocycles. The van der Waals surface area contributed by atoms with Crippen molar-refractivity contribution in [2.45, 2.75) is 37.9 Å². The molecule has 0 aromatic carbocycles. The van der Waals surface area contributed by atoms with E-state index in [1.54, 1.807) is 16.7 Å². The Kier molecular flexibility index (Phi) is 3.05. The van der Waals surface area contributed by atoms with Crippen LogP contribution in [0.5, 0.6) is 0 Å². The van der Waals surface area contributed by atoms with Gasteiger partial charge in [-0.25, -0.2) is 8.42 Å². The van der Waals surface area contributed by atoms with Gasteiger partial charge in [0.2, 0.25) is 10.0 Å². The minimum Gasteiger partial charge on any atom is -0.309 e. The van der Waals surface area contributed by atoms with Gasteiger partial charge in [0, 0.05) is 43.0 Å². The maximum Gasteiger partial charge on any atom is 0.211 e. The normalized spacial score (nSPS) is 25.0. The second-order valence-corrected chi connectivity index (χ2v) is 7.86. The molecule has 7 nitrogen and oxygen atoms in total. The molecular weight excluding hydrogens is 302 g/mol. The molecule has 0 radical (unpaired) electrons. The lowest BCUT2D eigenvalue weighted by Crippen LogP contribution is -2.41. The predicted molar refractivity (Wildman–Crippen MR) is 80.4 cm³/mol. The molecule has 0 amide bonds. The lowest BCUT2D eigenvalue weighted by Gasteiger charge is -2.24. The number of fused-ring (bicyclic) bond motifs is 3. The van der Waals surface area contributed by atoms with Gasteiger partial charge in [0.05, 0.1) is 6.26 Å². The van der Waals surface area contributed by atoms with Gasteiger partial charge in [0.25, 0.3) is 0 Å². The van der Waals surface area contributed by atoms with Crippen molar-refractivity contribution in [2.24, 2.45) is 0 Å². The number of sulfonamides is 1. The highest BCUT2D eigenvalue weighted by Crippen LogP contribution is 2.34. The van der Waals surface area contributed by atoms with Crippen LogP contribution in [0.25, 0.3) is 11.4 Å². The molecule has 22 heavy (non-hydrogen) atoms. The quantitative estimate of drug-likeness (QED) is 0.813. The van der Waals surface area contributed by atoms with Crippen molar-refractivity contribution >= 4 is 10.0 Å². The molecule has 2 aromatic rings. The predicted octanol–water partition coefficient (Wildman–Crippen LogP) is 0.689. The number of pyridine rings is 1. The molecule has 8 heteroatoms. The van der Waals surface area contributed by atoms with E-state index in [1.807, 2.05) is 12.1 Å². The second kappa shape index (κ2) is 4.85. The molecule has 4 rings (SSSR count). The molecular formula is C14H17N5O2S. The van der Waals surface area contributed by atoms with Gasteiger partial charge in [-0.2, -0.15) is 4.31 Å². The Morgan fingerprint density at radius 1 is 1.23 bits per heavy atom. The van der Waals surface area contributed by atoms with Crippen molar-refractivity contribution in [2.75, 3.05) is 6.26 Å². The molecule has 1 fully saturated rings. The first-order valence-electron chi connectivity index (χ1n) is 7.35. The van der Waals surface area contributed by atoms with E-state index in [4.69, 9.17) is 0 Å². The Morgan fingerprint density at radius 3 is 2.77 bits per heavy atom. The van der Waals surface area contributed by atoms with Crippen LogP contribution in [0.15, 0.2) is 24.5 Å². The molecule has 0 unspecified atom stereocenters. The van der Waals surface area contributed by atoms with Crippen LogP contribution >= 0.6 is 0 Å². The van der Waals surface area contributed by atoms with Gasteiger partial charge >= 0.3 is 0 Å². The van der Waals surface area contributed by atoms with Crippen LogP contribution in [0.4, 0.5) is 0 Å². The fourth-order valence-corrected chi connectivity index (χ4v) is 5.09. The third-order valence-corrected chi connectivity index (χ3v) is 5.86. The molecule has 1 saturated heterocycles. The Morgan fingerprint density at radius 2 is 2.05 bits per heavy atom. The van der Waals surface area contributed by atoms with Crippen LogP contribution in [0.3, 0.4) is 0 Å². The highest BCUT2D eigenvalue weighted by Gasteiger charge is 2.43. The Hall–Kier alpha value is -1.80. The smallest absolute Gasteiger partial charge is 0.211 e. The SMILES string of the molecule is CS(=O)(=O)N1[C@@H]2CC[C@H]1Cc1nnc(-c3cccnc3)n1C2. The Balaban J connectivity index is 1.77. The first-order chi connectivity index (χ1) is 10.5. The molecule has 0 N–H and O–H groups in total. The fourth-order valence-electron chi connectivity index (χ4n) is 3.65. The molecule has 2 atom stereocenters. The number of hydrogen-bond donors (Lipinski definition) is 0. The van der Waals surface area contributed by atoms with Crippen LogP contribution in [-0.2, 0) is 23.0 Å². The largest absolute Gasteiger partial charge is 0.309 e. The van der Waals surface area contributed by atoms with Crippen molar-refractivity contribution in [1.82, 2.24) is 24.1 Å². The molecule has 116 valence electrons. The third kappa shape index (κ3) is 2.14. The first-order valence-corrected chi connectivity index (χ1v) is 9.20. The minimum absolute atomic E-state index is 0.00667. The summed E-state index contributed by atoms with van der Waals surface area (Å²) in [7, 11) is -3.20. The Labute approximate surface area is 129 Å². The van der Waals surface area contributed by atoms with E-state index in [0.717, 1.165) is 30.1 Å². The third-order valence-electron chi connectivity index (χ3n) is 4.49. The number of hydrogen-bond acceptors (Lipinski definition) is 5. The lowest BCUT2D eigenvalue weighted by molar-refractivity contribution is 0.318. The molecule has 2 bridgehead atoms. The summed E-state index contributed by atoms with van der Waals surface area (Å²) in [5.74, 6) is 1.63. The first kappa shape index (κ1) is 13.8. The number of nitrogens with zero attached hydrogens (tertiary/aromatic N) is 5. The average Bonchev–Trinajstić information content (AvgIpc) is 3.00. The van der Waals surface area contributed by atoms with Crippen molar-refractivity contribution in [3.05, 3.63) is 30.4 Å². The maximum absolute atomic E-state index is 12.1. The zero-order valence-corrected chi connectivity index (χ0v) is 13.1. The van der Waals surface area contributed by atoms with Gasteiger partial charge in [0.1, 0.15) is 5.82 Å². The van der Waals surface area contributed by atoms with E-state index in [2.05, 4.69) is 19.7 Å². The zero-order valence-electron chi connectivity index (χ0n) is 12.3. The number of rotatable bonds is 2. The summed E-state index contributed by atoms with van der Waals surface area (Å²) in [6, 6.07) is 3.81. The summed E-state index contributed by atoms with van der Waals surface area (Å²) in [5, 5.41) is 8.59. The van der Waals surface area contributed by atoms with Crippen LogP contribution in [0.2, 0.25) is 0 Å². The van der Waals surface area contributed by atoms with Crippen molar-refractivity contribution in [1.29, 1.82) is 0 Å². The minimum atomic E-state index is -3.20. The average molecular weight is 319 g/mol. The van der Waals surface area contributed by atoms with Crippen LogP contribution in [0.1, 0.15) is 18.7 Å². The van der Waals surface area contributed by atoms with E-state index < -0.39 is 10.0 Å². The van der Waals surface area contributed by atoms with E-state index in [9.17, 15) is 8.42 Å². The van der Waals surface area contributed by atoms with Crippen molar-refractivity contribution < 1.29 is 8.42 Å². The highest BCUT2D eigenvalue weighted by atomic mass is 32.2.